The first-order chi connectivity index (χ1) is 16.8. The molecule has 5 rings (SSSR count). The van der Waals surface area contributed by atoms with Crippen molar-refractivity contribution in [3.05, 3.63) is 34.6 Å². The maximum Gasteiger partial charge on any atom is 0.262 e. The lowest BCUT2D eigenvalue weighted by atomic mass is 9.83. The highest BCUT2D eigenvalue weighted by atomic mass is 19.1. The first-order valence-corrected chi connectivity index (χ1v) is 12.1. The second-order valence-corrected chi connectivity index (χ2v) is 9.73. The first-order valence-electron chi connectivity index (χ1n) is 12.1. The van der Waals surface area contributed by atoms with Crippen LogP contribution in [0.5, 0.6) is 0 Å². The molecular weight excluding hydrogens is 457 g/mol. The topological polar surface area (TPSA) is 142 Å². The normalized spacial score (nSPS) is 29.8. The summed E-state index contributed by atoms with van der Waals surface area (Å²) >= 11 is 0. The van der Waals surface area contributed by atoms with E-state index in [0.717, 1.165) is 30.4 Å². The molecule has 1 aromatic carbocycles. The highest BCUT2D eigenvalue weighted by Crippen LogP contribution is 2.37. The molecule has 10 nitrogen and oxygen atoms in total. The van der Waals surface area contributed by atoms with Gasteiger partial charge in [0.05, 0.1) is 17.2 Å². The number of piperazine rings is 1. The van der Waals surface area contributed by atoms with Crippen LogP contribution in [0, 0.1) is 11.7 Å². The van der Waals surface area contributed by atoms with Crippen molar-refractivity contribution in [2.24, 2.45) is 11.7 Å². The molecule has 186 valence electrons. The quantitative estimate of drug-likeness (QED) is 0.518. The highest BCUT2D eigenvalue weighted by Gasteiger charge is 2.46. The van der Waals surface area contributed by atoms with Gasteiger partial charge in [0.15, 0.2) is 0 Å². The third kappa shape index (κ3) is 4.12. The van der Waals surface area contributed by atoms with Crippen LogP contribution in [0.1, 0.15) is 70.8 Å². The average Bonchev–Trinajstić information content (AvgIpc) is 3.08. The summed E-state index contributed by atoms with van der Waals surface area (Å²) in [6.45, 7) is 1.90. The van der Waals surface area contributed by atoms with Crippen LogP contribution in [0.25, 0.3) is 0 Å². The van der Waals surface area contributed by atoms with E-state index in [1.54, 1.807) is 0 Å². The molecule has 1 saturated carbocycles. The van der Waals surface area contributed by atoms with E-state index in [2.05, 4.69) is 15.5 Å². The number of hydrogen-bond donors (Lipinski definition) is 3. The fourth-order valence-electron chi connectivity index (χ4n) is 5.90. The Hall–Kier alpha value is -3.18. The molecule has 3 fully saturated rings. The van der Waals surface area contributed by atoms with Crippen molar-refractivity contribution in [1.82, 2.24) is 20.4 Å². The highest BCUT2D eigenvalue weighted by molar-refractivity contribution is 6.23. The van der Waals surface area contributed by atoms with Crippen molar-refractivity contribution in [2.45, 2.75) is 56.7 Å². The largest absolute Gasteiger partial charge is 0.369 e. The molecule has 4 aliphatic rings. The van der Waals surface area contributed by atoms with Gasteiger partial charge in [-0.05, 0) is 44.2 Å². The molecule has 11 heteroatoms. The van der Waals surface area contributed by atoms with Gasteiger partial charge in [-0.25, -0.2) is 4.39 Å². The van der Waals surface area contributed by atoms with Crippen molar-refractivity contribution in [2.75, 3.05) is 19.6 Å². The zero-order valence-corrected chi connectivity index (χ0v) is 19.2. The fourth-order valence-corrected chi connectivity index (χ4v) is 5.90. The van der Waals surface area contributed by atoms with Gasteiger partial charge in [-0.15, -0.1) is 0 Å². The number of nitrogens with two attached hydrogens (primary N) is 1. The van der Waals surface area contributed by atoms with E-state index in [9.17, 15) is 24.0 Å². The first kappa shape index (κ1) is 23.6. The van der Waals surface area contributed by atoms with Crippen LogP contribution in [0.4, 0.5) is 4.39 Å². The number of imide groups is 2. The molecule has 3 heterocycles. The van der Waals surface area contributed by atoms with Crippen molar-refractivity contribution < 1.29 is 28.4 Å². The number of fused-ring (bicyclic) bond motifs is 1. The van der Waals surface area contributed by atoms with Crippen LogP contribution in [-0.4, -0.2) is 71.1 Å². The molecule has 1 aliphatic carbocycles. The van der Waals surface area contributed by atoms with Gasteiger partial charge in [-0.2, -0.15) is 0 Å². The molecule has 2 unspecified atom stereocenters. The van der Waals surface area contributed by atoms with Crippen molar-refractivity contribution in [3.8, 4) is 0 Å². The maximum absolute atomic E-state index is 15.4. The lowest BCUT2D eigenvalue weighted by molar-refractivity contribution is -0.136. The summed E-state index contributed by atoms with van der Waals surface area (Å²) in [7, 11) is 0. The number of piperidine rings is 1. The molecule has 0 spiro atoms. The summed E-state index contributed by atoms with van der Waals surface area (Å²) in [5.41, 5.74) is 5.79. The second-order valence-electron chi connectivity index (χ2n) is 9.73. The summed E-state index contributed by atoms with van der Waals surface area (Å²) in [5.74, 6) is -3.54. The Morgan fingerprint density at radius 1 is 0.971 bits per heavy atom. The number of carbonyl (C=O) groups is 5. The number of nitrogens with zero attached hydrogens (tertiary/aromatic N) is 2. The summed E-state index contributed by atoms with van der Waals surface area (Å²) in [6.07, 6.45) is 2.99. The zero-order chi connectivity index (χ0) is 24.9. The molecule has 0 bridgehead atoms. The molecule has 1 aromatic rings. The zero-order valence-electron chi connectivity index (χ0n) is 19.2. The third-order valence-corrected chi connectivity index (χ3v) is 7.77. The minimum absolute atomic E-state index is 0.0180. The van der Waals surface area contributed by atoms with Gasteiger partial charge in [-0.1, -0.05) is 0 Å². The SMILES string of the molecule is NC(=O)C1CCC(N2CCNCC2c2cc3c(cc2F)C(=O)N(C2CCC(=O)NC2=O)C3=O)CC1. The van der Waals surface area contributed by atoms with Gasteiger partial charge in [0, 0.05) is 43.6 Å². The van der Waals surface area contributed by atoms with Gasteiger partial charge >= 0.3 is 0 Å². The van der Waals surface area contributed by atoms with E-state index in [0.29, 0.717) is 31.5 Å². The fraction of sp³-hybridized carbons (Fsp3) is 0.542. The predicted molar refractivity (Wildman–Crippen MR) is 120 cm³/mol. The Morgan fingerprint density at radius 2 is 1.66 bits per heavy atom. The Kier molecular flexibility index (Phi) is 6.14. The molecule has 5 amide bonds. The lowest BCUT2D eigenvalue weighted by Crippen LogP contribution is -2.54. The summed E-state index contributed by atoms with van der Waals surface area (Å²) in [6, 6.07) is 1.24. The van der Waals surface area contributed by atoms with E-state index in [1.165, 1.54) is 6.07 Å². The summed E-state index contributed by atoms with van der Waals surface area (Å²) in [4.78, 5) is 64.6. The number of hydrogen-bond acceptors (Lipinski definition) is 7. The van der Waals surface area contributed by atoms with Crippen molar-refractivity contribution in [1.29, 1.82) is 0 Å². The number of primary amides is 1. The van der Waals surface area contributed by atoms with Crippen LogP contribution in [0.15, 0.2) is 12.1 Å². The van der Waals surface area contributed by atoms with E-state index in [4.69, 9.17) is 5.73 Å². The monoisotopic (exact) mass is 485 g/mol. The number of benzene rings is 1. The van der Waals surface area contributed by atoms with Crippen LogP contribution < -0.4 is 16.4 Å². The van der Waals surface area contributed by atoms with E-state index in [1.807, 2.05) is 0 Å². The third-order valence-electron chi connectivity index (χ3n) is 7.77. The van der Waals surface area contributed by atoms with E-state index >= 15 is 4.39 Å². The Morgan fingerprint density at radius 3 is 2.31 bits per heavy atom. The summed E-state index contributed by atoms with van der Waals surface area (Å²) < 4.78 is 15.4. The van der Waals surface area contributed by atoms with Gasteiger partial charge in [0.25, 0.3) is 11.8 Å². The van der Waals surface area contributed by atoms with Crippen LogP contribution in [0.3, 0.4) is 0 Å². The van der Waals surface area contributed by atoms with Gasteiger partial charge in [0.1, 0.15) is 11.9 Å². The van der Waals surface area contributed by atoms with Crippen LogP contribution >= 0.6 is 0 Å². The average molecular weight is 486 g/mol. The molecule has 0 radical (unpaired) electrons. The van der Waals surface area contributed by atoms with Crippen LogP contribution in [0.2, 0.25) is 0 Å². The lowest BCUT2D eigenvalue weighted by Gasteiger charge is -2.44. The number of halogens is 1. The number of carbonyl (C=O) groups excluding carboxylic acids is 5. The minimum Gasteiger partial charge on any atom is -0.369 e. The smallest absolute Gasteiger partial charge is 0.262 e. The van der Waals surface area contributed by atoms with Crippen LogP contribution in [-0.2, 0) is 14.4 Å². The standard InChI is InChI=1S/C24H28FN5O5/c25-17-10-15-14(23(34)30(24(15)35)18-5-6-20(31)28-22(18)33)9-16(17)19-11-27-7-8-29(19)13-3-1-12(2-4-13)21(26)32/h9-10,12-13,18-19,27H,1-8,11H2,(H2,26,32)(H,28,31,33). The molecule has 0 aromatic heterocycles. The number of nitrogens with one attached hydrogen (secondary N) is 2. The molecule has 2 atom stereocenters. The van der Waals surface area contributed by atoms with Gasteiger partial charge < -0.3 is 11.1 Å². The van der Waals surface area contributed by atoms with Crippen molar-refractivity contribution >= 4 is 29.5 Å². The second kappa shape index (κ2) is 9.12. The van der Waals surface area contributed by atoms with Gasteiger partial charge in [-0.3, -0.25) is 39.1 Å². The Balaban J connectivity index is 1.41. The van der Waals surface area contributed by atoms with Gasteiger partial charge in [0.2, 0.25) is 17.7 Å². The number of amides is 5. The number of rotatable bonds is 4. The molecule has 2 saturated heterocycles. The van der Waals surface area contributed by atoms with E-state index in [-0.39, 0.29) is 47.9 Å². The Bertz CT molecular complexity index is 1120. The Labute approximate surface area is 201 Å². The molecule has 3 aliphatic heterocycles. The van der Waals surface area contributed by atoms with Crippen molar-refractivity contribution in [3.63, 3.8) is 0 Å². The molecule has 4 N–H and O–H groups in total. The molecule has 35 heavy (non-hydrogen) atoms. The minimum atomic E-state index is -1.10. The summed E-state index contributed by atoms with van der Waals surface area (Å²) in [5, 5.41) is 5.44. The maximum atomic E-state index is 15.4. The van der Waals surface area contributed by atoms with E-state index < -0.39 is 35.5 Å². The molecular formula is C24H28FN5O5. The predicted octanol–water partition coefficient (Wildman–Crippen LogP) is 0.217.